The second-order valence-electron chi connectivity index (χ2n) is 3.71. The fraction of sp³-hybridized carbons (Fsp3) is 0.0769. The summed E-state index contributed by atoms with van der Waals surface area (Å²) in [6.45, 7) is 2.07. The first kappa shape index (κ1) is 8.98. The molecular weight excluding hydrogens is 252 g/mol. The summed E-state index contributed by atoms with van der Waals surface area (Å²) < 4.78 is 6.87. The van der Waals surface area contributed by atoms with Gasteiger partial charge in [0.2, 0.25) is 0 Å². The van der Waals surface area contributed by atoms with E-state index in [0.717, 1.165) is 21.0 Å². The lowest BCUT2D eigenvalue weighted by Gasteiger charge is -1.93. The van der Waals surface area contributed by atoms with E-state index in [-0.39, 0.29) is 0 Å². The van der Waals surface area contributed by atoms with Crippen LogP contribution in [0.15, 0.2) is 45.3 Å². The van der Waals surface area contributed by atoms with E-state index in [1.54, 1.807) is 0 Å². The van der Waals surface area contributed by atoms with Gasteiger partial charge in [0.25, 0.3) is 0 Å². The first-order chi connectivity index (χ1) is 7.25. The van der Waals surface area contributed by atoms with Gasteiger partial charge < -0.3 is 4.42 Å². The third-order valence-corrected chi connectivity index (χ3v) is 3.26. The monoisotopic (exact) mass is 260 g/mol. The van der Waals surface area contributed by atoms with Crippen molar-refractivity contribution < 1.29 is 4.42 Å². The molecule has 3 aromatic rings. The SMILES string of the molecule is Cc1ccc2c(c1)oc1cccc(Br)c12. The molecule has 1 aromatic heterocycles. The molecule has 3 rings (SSSR count). The minimum atomic E-state index is 0.935. The zero-order chi connectivity index (χ0) is 10.4. The molecular formula is C13H9BrO. The average molecular weight is 261 g/mol. The van der Waals surface area contributed by atoms with Crippen molar-refractivity contribution in [3.05, 3.63) is 46.4 Å². The Labute approximate surface area is 95.8 Å². The Morgan fingerprint density at radius 2 is 1.93 bits per heavy atom. The zero-order valence-electron chi connectivity index (χ0n) is 8.25. The molecule has 0 aliphatic heterocycles. The largest absolute Gasteiger partial charge is 0.456 e. The molecule has 0 bridgehead atoms. The standard InChI is InChI=1S/C13H9BrO/c1-8-5-6-9-12(7-8)15-11-4-2-3-10(14)13(9)11/h2-7H,1H3. The maximum Gasteiger partial charge on any atom is 0.136 e. The van der Waals surface area contributed by atoms with Crippen LogP contribution in [-0.4, -0.2) is 0 Å². The lowest BCUT2D eigenvalue weighted by Crippen LogP contribution is -1.71. The first-order valence-corrected chi connectivity index (χ1v) is 5.62. The van der Waals surface area contributed by atoms with Crippen molar-refractivity contribution in [3.63, 3.8) is 0 Å². The molecule has 74 valence electrons. The molecule has 0 saturated carbocycles. The Morgan fingerprint density at radius 1 is 1.07 bits per heavy atom. The van der Waals surface area contributed by atoms with Gasteiger partial charge in [0.05, 0.1) is 0 Å². The van der Waals surface area contributed by atoms with Gasteiger partial charge >= 0.3 is 0 Å². The van der Waals surface area contributed by atoms with Crippen LogP contribution in [-0.2, 0) is 0 Å². The molecule has 2 aromatic carbocycles. The maximum atomic E-state index is 5.78. The molecule has 0 amide bonds. The number of furan rings is 1. The fourth-order valence-electron chi connectivity index (χ4n) is 1.89. The molecule has 1 heterocycles. The summed E-state index contributed by atoms with van der Waals surface area (Å²) in [7, 11) is 0. The van der Waals surface area contributed by atoms with Crippen LogP contribution in [0.3, 0.4) is 0 Å². The molecule has 0 spiro atoms. The molecule has 0 atom stereocenters. The third-order valence-electron chi connectivity index (χ3n) is 2.60. The minimum Gasteiger partial charge on any atom is -0.456 e. The summed E-state index contributed by atoms with van der Waals surface area (Å²) in [5.41, 5.74) is 3.11. The van der Waals surface area contributed by atoms with Gasteiger partial charge in [-0.1, -0.05) is 34.1 Å². The van der Waals surface area contributed by atoms with Crippen molar-refractivity contribution >= 4 is 37.9 Å². The van der Waals surface area contributed by atoms with E-state index in [0.29, 0.717) is 0 Å². The number of fused-ring (bicyclic) bond motifs is 3. The van der Waals surface area contributed by atoms with Gasteiger partial charge in [-0.2, -0.15) is 0 Å². The molecule has 0 aliphatic rings. The first-order valence-electron chi connectivity index (χ1n) is 4.83. The van der Waals surface area contributed by atoms with Crippen LogP contribution in [0.5, 0.6) is 0 Å². The summed E-state index contributed by atoms with van der Waals surface area (Å²) in [5, 5.41) is 2.33. The highest BCUT2D eigenvalue weighted by atomic mass is 79.9. The van der Waals surface area contributed by atoms with Crippen LogP contribution in [0.2, 0.25) is 0 Å². The molecule has 0 unspecified atom stereocenters. The van der Waals surface area contributed by atoms with Gasteiger partial charge in [-0.25, -0.2) is 0 Å². The Balaban J connectivity index is 2.59. The van der Waals surface area contributed by atoms with E-state index in [4.69, 9.17) is 4.42 Å². The summed E-state index contributed by atoms with van der Waals surface area (Å²) in [4.78, 5) is 0. The van der Waals surface area contributed by atoms with E-state index in [2.05, 4.69) is 41.1 Å². The molecule has 0 N–H and O–H groups in total. The van der Waals surface area contributed by atoms with Crippen LogP contribution < -0.4 is 0 Å². The molecule has 0 fully saturated rings. The molecule has 0 aliphatic carbocycles. The van der Waals surface area contributed by atoms with E-state index in [1.807, 2.05) is 18.2 Å². The quantitative estimate of drug-likeness (QED) is 0.573. The molecule has 0 saturated heterocycles. The Hall–Kier alpha value is -1.28. The van der Waals surface area contributed by atoms with E-state index in [1.165, 1.54) is 10.9 Å². The third kappa shape index (κ3) is 1.29. The van der Waals surface area contributed by atoms with Gasteiger partial charge in [0.15, 0.2) is 0 Å². The van der Waals surface area contributed by atoms with E-state index in [9.17, 15) is 0 Å². The summed E-state index contributed by atoms with van der Waals surface area (Å²) in [6, 6.07) is 12.3. The fourth-order valence-corrected chi connectivity index (χ4v) is 2.45. The number of hydrogen-bond acceptors (Lipinski definition) is 1. The van der Waals surface area contributed by atoms with Gasteiger partial charge in [0.1, 0.15) is 11.2 Å². The van der Waals surface area contributed by atoms with Crippen LogP contribution in [0.4, 0.5) is 0 Å². The molecule has 15 heavy (non-hydrogen) atoms. The van der Waals surface area contributed by atoms with Gasteiger partial charge in [-0.05, 0) is 30.7 Å². The van der Waals surface area contributed by atoms with Crippen molar-refractivity contribution in [1.29, 1.82) is 0 Å². The normalized spacial score (nSPS) is 11.3. The topological polar surface area (TPSA) is 13.1 Å². The Kier molecular flexibility index (Phi) is 1.86. The molecule has 2 heteroatoms. The van der Waals surface area contributed by atoms with E-state index < -0.39 is 0 Å². The smallest absolute Gasteiger partial charge is 0.136 e. The van der Waals surface area contributed by atoms with Crippen LogP contribution in [0, 0.1) is 6.92 Å². The molecule has 1 nitrogen and oxygen atoms in total. The predicted octanol–water partition coefficient (Wildman–Crippen LogP) is 4.66. The van der Waals surface area contributed by atoms with Gasteiger partial charge in [-0.15, -0.1) is 0 Å². The highest BCUT2D eigenvalue weighted by Crippen LogP contribution is 2.34. The summed E-state index contributed by atoms with van der Waals surface area (Å²) in [6.07, 6.45) is 0. The number of rotatable bonds is 0. The average Bonchev–Trinajstić information content (AvgIpc) is 2.56. The van der Waals surface area contributed by atoms with E-state index >= 15 is 0 Å². The highest BCUT2D eigenvalue weighted by Gasteiger charge is 2.08. The van der Waals surface area contributed by atoms with Crippen molar-refractivity contribution in [2.75, 3.05) is 0 Å². The summed E-state index contributed by atoms with van der Waals surface area (Å²) in [5.74, 6) is 0. The minimum absolute atomic E-state index is 0.935. The van der Waals surface area contributed by atoms with Crippen molar-refractivity contribution in [2.45, 2.75) is 6.92 Å². The van der Waals surface area contributed by atoms with Gasteiger partial charge in [-0.3, -0.25) is 0 Å². The Bertz CT molecular complexity index is 652. The summed E-state index contributed by atoms with van der Waals surface area (Å²) >= 11 is 3.56. The number of benzene rings is 2. The van der Waals surface area contributed by atoms with Crippen LogP contribution >= 0.6 is 15.9 Å². The second-order valence-corrected chi connectivity index (χ2v) is 4.57. The maximum absolute atomic E-state index is 5.78. The van der Waals surface area contributed by atoms with Crippen molar-refractivity contribution in [2.24, 2.45) is 0 Å². The molecule has 0 radical (unpaired) electrons. The predicted molar refractivity (Wildman–Crippen MR) is 66.2 cm³/mol. The lowest BCUT2D eigenvalue weighted by molar-refractivity contribution is 0.668. The van der Waals surface area contributed by atoms with Gasteiger partial charge in [0, 0.05) is 15.2 Å². The van der Waals surface area contributed by atoms with Crippen LogP contribution in [0.25, 0.3) is 21.9 Å². The van der Waals surface area contributed by atoms with Crippen molar-refractivity contribution in [1.82, 2.24) is 0 Å². The number of aryl methyl sites for hydroxylation is 1. The number of halogens is 1. The lowest BCUT2D eigenvalue weighted by atomic mass is 10.1. The second kappa shape index (κ2) is 3.11. The van der Waals surface area contributed by atoms with Crippen molar-refractivity contribution in [3.8, 4) is 0 Å². The number of hydrogen-bond donors (Lipinski definition) is 0. The zero-order valence-corrected chi connectivity index (χ0v) is 9.84. The highest BCUT2D eigenvalue weighted by molar-refractivity contribution is 9.10. The van der Waals surface area contributed by atoms with Crippen LogP contribution in [0.1, 0.15) is 5.56 Å². The Morgan fingerprint density at radius 3 is 2.80 bits per heavy atom.